The molecule has 2 aromatic carbocycles. The van der Waals surface area contributed by atoms with Crippen LogP contribution in [-0.2, 0) is 0 Å². The van der Waals surface area contributed by atoms with Gasteiger partial charge in [0.05, 0.1) is 12.5 Å². The molecule has 0 saturated carbocycles. The monoisotopic (exact) mass is 274 g/mol. The van der Waals surface area contributed by atoms with Crippen LogP contribution in [0.25, 0.3) is 0 Å². The molecule has 0 radical (unpaired) electrons. The van der Waals surface area contributed by atoms with Crippen molar-refractivity contribution in [1.82, 2.24) is 0 Å². The molecule has 100 valence electrons. The maximum Gasteiger partial charge on any atom is 0.119 e. The molecule has 0 aromatic heterocycles. The molecular formula is C17H19ClO. The highest BCUT2D eigenvalue weighted by molar-refractivity contribution is 6.22. The van der Waals surface area contributed by atoms with E-state index in [1.165, 1.54) is 16.7 Å². The van der Waals surface area contributed by atoms with Crippen molar-refractivity contribution >= 4 is 11.6 Å². The van der Waals surface area contributed by atoms with E-state index >= 15 is 0 Å². The number of methoxy groups -OCH3 is 1. The van der Waals surface area contributed by atoms with Gasteiger partial charge in [-0.2, -0.15) is 0 Å². The van der Waals surface area contributed by atoms with Crippen molar-refractivity contribution in [2.24, 2.45) is 0 Å². The van der Waals surface area contributed by atoms with Gasteiger partial charge in [-0.25, -0.2) is 0 Å². The van der Waals surface area contributed by atoms with Crippen molar-refractivity contribution in [3.05, 3.63) is 64.2 Å². The van der Waals surface area contributed by atoms with Crippen LogP contribution in [0.5, 0.6) is 5.75 Å². The molecule has 0 amide bonds. The predicted octanol–water partition coefficient (Wildman–Crippen LogP) is 4.95. The second-order valence-corrected chi connectivity index (χ2v) is 5.38. The largest absolute Gasteiger partial charge is 0.497 e. The summed E-state index contributed by atoms with van der Waals surface area (Å²) in [5.74, 6) is 0.866. The van der Waals surface area contributed by atoms with Crippen LogP contribution in [-0.4, -0.2) is 7.11 Å². The number of rotatable bonds is 3. The normalized spacial score (nSPS) is 12.3. The van der Waals surface area contributed by atoms with E-state index in [0.29, 0.717) is 0 Å². The molecule has 2 aromatic rings. The zero-order valence-corrected chi connectivity index (χ0v) is 12.6. The number of benzene rings is 2. The van der Waals surface area contributed by atoms with E-state index in [1.54, 1.807) is 7.11 Å². The maximum atomic E-state index is 6.65. The fourth-order valence-corrected chi connectivity index (χ4v) is 2.83. The second-order valence-electron chi connectivity index (χ2n) is 4.95. The number of halogens is 1. The first-order valence-corrected chi connectivity index (χ1v) is 6.82. The zero-order valence-electron chi connectivity index (χ0n) is 11.8. The van der Waals surface area contributed by atoms with Crippen LogP contribution in [0.15, 0.2) is 36.4 Å². The predicted molar refractivity (Wildman–Crippen MR) is 81.3 cm³/mol. The van der Waals surface area contributed by atoms with Crippen molar-refractivity contribution in [3.63, 3.8) is 0 Å². The van der Waals surface area contributed by atoms with E-state index < -0.39 is 0 Å². The third-order valence-corrected chi connectivity index (χ3v) is 3.92. The van der Waals surface area contributed by atoms with E-state index in [-0.39, 0.29) is 5.38 Å². The number of ether oxygens (including phenoxy) is 1. The average molecular weight is 275 g/mol. The lowest BCUT2D eigenvalue weighted by molar-refractivity contribution is 0.414. The van der Waals surface area contributed by atoms with E-state index in [0.717, 1.165) is 16.9 Å². The Morgan fingerprint density at radius 2 is 1.47 bits per heavy atom. The lowest BCUT2D eigenvalue weighted by Crippen LogP contribution is -1.99. The van der Waals surface area contributed by atoms with E-state index in [2.05, 4.69) is 39.0 Å². The fourth-order valence-electron chi connectivity index (χ4n) is 2.34. The Morgan fingerprint density at radius 1 is 0.895 bits per heavy atom. The number of hydrogen-bond donors (Lipinski definition) is 0. The molecule has 2 rings (SSSR count). The molecule has 0 aliphatic carbocycles. The highest BCUT2D eigenvalue weighted by atomic mass is 35.5. The summed E-state index contributed by atoms with van der Waals surface area (Å²) in [4.78, 5) is 0. The molecule has 1 unspecified atom stereocenters. The number of hydrogen-bond acceptors (Lipinski definition) is 1. The Labute approximate surface area is 120 Å². The number of alkyl halides is 1. The molecule has 0 heterocycles. The van der Waals surface area contributed by atoms with Crippen molar-refractivity contribution in [2.75, 3.05) is 7.11 Å². The van der Waals surface area contributed by atoms with Gasteiger partial charge in [0, 0.05) is 0 Å². The Morgan fingerprint density at radius 3 is 2.00 bits per heavy atom. The van der Waals surface area contributed by atoms with Gasteiger partial charge in [0.1, 0.15) is 5.75 Å². The third kappa shape index (κ3) is 2.93. The topological polar surface area (TPSA) is 9.23 Å². The Bertz CT molecular complexity index is 590. The minimum absolute atomic E-state index is 0.119. The van der Waals surface area contributed by atoms with Gasteiger partial charge >= 0.3 is 0 Å². The molecule has 0 fully saturated rings. The van der Waals surface area contributed by atoms with E-state index in [9.17, 15) is 0 Å². The summed E-state index contributed by atoms with van der Waals surface area (Å²) in [5, 5.41) is -0.119. The minimum Gasteiger partial charge on any atom is -0.497 e. The highest BCUT2D eigenvalue weighted by Gasteiger charge is 2.15. The molecule has 1 atom stereocenters. The molecule has 2 heteroatoms. The van der Waals surface area contributed by atoms with Crippen LogP contribution in [0.3, 0.4) is 0 Å². The molecule has 19 heavy (non-hydrogen) atoms. The zero-order chi connectivity index (χ0) is 14.0. The Kier molecular flexibility index (Phi) is 4.16. The highest BCUT2D eigenvalue weighted by Crippen LogP contribution is 2.34. The third-order valence-electron chi connectivity index (χ3n) is 3.45. The quantitative estimate of drug-likeness (QED) is 0.720. The summed E-state index contributed by atoms with van der Waals surface area (Å²) in [7, 11) is 1.68. The second kappa shape index (κ2) is 5.66. The first kappa shape index (κ1) is 14.0. The van der Waals surface area contributed by atoms with Gasteiger partial charge in [0.2, 0.25) is 0 Å². The van der Waals surface area contributed by atoms with Crippen LogP contribution in [0, 0.1) is 20.8 Å². The van der Waals surface area contributed by atoms with E-state index in [1.807, 2.05) is 18.2 Å². The smallest absolute Gasteiger partial charge is 0.119 e. The summed E-state index contributed by atoms with van der Waals surface area (Å²) in [6, 6.07) is 12.4. The van der Waals surface area contributed by atoms with Crippen LogP contribution in [0.2, 0.25) is 0 Å². The summed E-state index contributed by atoms with van der Waals surface area (Å²) in [5.41, 5.74) is 5.95. The van der Waals surface area contributed by atoms with Crippen LogP contribution in [0.4, 0.5) is 0 Å². The molecule has 0 N–H and O–H groups in total. The van der Waals surface area contributed by atoms with Crippen LogP contribution >= 0.6 is 11.6 Å². The summed E-state index contributed by atoms with van der Waals surface area (Å²) >= 11 is 6.65. The molecule has 0 aliphatic heterocycles. The van der Waals surface area contributed by atoms with Crippen LogP contribution < -0.4 is 4.74 Å². The van der Waals surface area contributed by atoms with Gasteiger partial charge in [0.15, 0.2) is 0 Å². The summed E-state index contributed by atoms with van der Waals surface area (Å²) in [6.07, 6.45) is 0. The van der Waals surface area contributed by atoms with Crippen LogP contribution in [0.1, 0.15) is 33.2 Å². The van der Waals surface area contributed by atoms with Crippen molar-refractivity contribution in [2.45, 2.75) is 26.1 Å². The van der Waals surface area contributed by atoms with Crippen molar-refractivity contribution in [1.29, 1.82) is 0 Å². The Hall–Kier alpha value is -1.47. The van der Waals surface area contributed by atoms with Gasteiger partial charge < -0.3 is 4.74 Å². The molecule has 0 aliphatic rings. The van der Waals surface area contributed by atoms with Gasteiger partial charge in [-0.3, -0.25) is 0 Å². The SMILES string of the molecule is COc1ccc(C(Cl)c2ccc(C)cc2C)c(C)c1. The molecule has 0 bridgehead atoms. The Balaban J connectivity index is 2.41. The van der Waals surface area contributed by atoms with Crippen molar-refractivity contribution < 1.29 is 4.74 Å². The standard InChI is InChI=1S/C17H19ClO/c1-11-5-7-15(12(2)9-11)17(18)16-8-6-14(19-4)10-13(16)3/h5-10,17H,1-4H3. The van der Waals surface area contributed by atoms with Gasteiger partial charge in [-0.05, 0) is 55.2 Å². The van der Waals surface area contributed by atoms with Gasteiger partial charge in [0.25, 0.3) is 0 Å². The summed E-state index contributed by atoms with van der Waals surface area (Å²) in [6.45, 7) is 6.27. The first-order chi connectivity index (χ1) is 9.02. The maximum absolute atomic E-state index is 6.65. The fraction of sp³-hybridized carbons (Fsp3) is 0.294. The molecule has 1 nitrogen and oxygen atoms in total. The molecule has 0 spiro atoms. The molecular weight excluding hydrogens is 256 g/mol. The lowest BCUT2D eigenvalue weighted by Gasteiger charge is -2.16. The van der Waals surface area contributed by atoms with Gasteiger partial charge in [-0.15, -0.1) is 11.6 Å². The van der Waals surface area contributed by atoms with Crippen molar-refractivity contribution in [3.8, 4) is 5.75 Å². The summed E-state index contributed by atoms with van der Waals surface area (Å²) < 4.78 is 5.23. The first-order valence-electron chi connectivity index (χ1n) is 6.38. The molecule has 0 saturated heterocycles. The van der Waals surface area contributed by atoms with Gasteiger partial charge in [-0.1, -0.05) is 29.8 Å². The minimum atomic E-state index is -0.119. The lowest BCUT2D eigenvalue weighted by atomic mass is 9.95. The average Bonchev–Trinajstić information content (AvgIpc) is 2.37. The van der Waals surface area contributed by atoms with E-state index in [4.69, 9.17) is 16.3 Å². The number of aryl methyl sites for hydroxylation is 3.